The average molecular weight is 213 g/mol. The Labute approximate surface area is 88.1 Å². The Kier molecular flexibility index (Phi) is 2.84. The molecule has 2 N–H and O–H groups in total. The lowest BCUT2D eigenvalue weighted by Crippen LogP contribution is -2.20. The van der Waals surface area contributed by atoms with Crippen LogP contribution in [0.15, 0.2) is 6.20 Å². The lowest BCUT2D eigenvalue weighted by atomic mass is 10.3. The number of nitrogens with two attached hydrogens (primary N) is 1. The summed E-state index contributed by atoms with van der Waals surface area (Å²) in [5.74, 6) is 0.727. The molecule has 0 aliphatic carbocycles. The minimum atomic E-state index is 0.388. The maximum atomic E-state index is 5.95. The Hall–Kier alpha value is -0.870. The summed E-state index contributed by atoms with van der Waals surface area (Å²) >= 11 is 5.95. The van der Waals surface area contributed by atoms with Crippen LogP contribution in [0.3, 0.4) is 0 Å². The molecule has 1 aromatic heterocycles. The molecule has 0 unspecified atom stereocenters. The van der Waals surface area contributed by atoms with E-state index < -0.39 is 0 Å². The van der Waals surface area contributed by atoms with E-state index in [1.807, 2.05) is 0 Å². The summed E-state index contributed by atoms with van der Waals surface area (Å²) in [4.78, 5) is 10.6. The summed E-state index contributed by atoms with van der Waals surface area (Å²) in [6.07, 6.45) is 4.13. The smallest absolute Gasteiger partial charge is 0.226 e. The van der Waals surface area contributed by atoms with Crippen LogP contribution in [-0.2, 0) is 6.54 Å². The maximum absolute atomic E-state index is 5.95. The summed E-state index contributed by atoms with van der Waals surface area (Å²) in [5.41, 5.74) is 6.28. The fraction of sp³-hybridized carbons (Fsp3) is 0.556. The predicted molar refractivity (Wildman–Crippen MR) is 56.4 cm³/mol. The lowest BCUT2D eigenvalue weighted by molar-refractivity contribution is 0.885. The van der Waals surface area contributed by atoms with Crippen molar-refractivity contribution < 1.29 is 0 Å². The molecule has 2 heterocycles. The SMILES string of the molecule is NCc1cnc(N2CCCC2)nc1Cl. The van der Waals surface area contributed by atoms with Gasteiger partial charge >= 0.3 is 0 Å². The number of nitrogens with zero attached hydrogens (tertiary/aromatic N) is 3. The van der Waals surface area contributed by atoms with E-state index in [9.17, 15) is 0 Å². The van der Waals surface area contributed by atoms with E-state index in [1.165, 1.54) is 12.8 Å². The van der Waals surface area contributed by atoms with Gasteiger partial charge in [0, 0.05) is 31.4 Å². The molecular weight excluding hydrogens is 200 g/mol. The van der Waals surface area contributed by atoms with Gasteiger partial charge in [-0.1, -0.05) is 11.6 Å². The molecular formula is C9H13ClN4. The summed E-state index contributed by atoms with van der Waals surface area (Å²) in [6, 6.07) is 0. The molecule has 0 spiro atoms. The number of halogens is 1. The molecule has 1 fully saturated rings. The van der Waals surface area contributed by atoms with E-state index in [0.717, 1.165) is 24.6 Å². The quantitative estimate of drug-likeness (QED) is 0.749. The van der Waals surface area contributed by atoms with Gasteiger partial charge in [-0.3, -0.25) is 0 Å². The van der Waals surface area contributed by atoms with E-state index in [-0.39, 0.29) is 0 Å². The molecule has 76 valence electrons. The molecule has 0 aromatic carbocycles. The van der Waals surface area contributed by atoms with Crippen LogP contribution in [0.4, 0.5) is 5.95 Å². The fourth-order valence-corrected chi connectivity index (χ4v) is 1.79. The van der Waals surface area contributed by atoms with Crippen LogP contribution in [0.1, 0.15) is 18.4 Å². The highest BCUT2D eigenvalue weighted by molar-refractivity contribution is 6.30. The molecule has 1 aliphatic rings. The Bertz CT molecular complexity index is 323. The molecule has 4 nitrogen and oxygen atoms in total. The van der Waals surface area contributed by atoms with E-state index in [1.54, 1.807) is 6.20 Å². The normalized spacial score (nSPS) is 16.3. The highest BCUT2D eigenvalue weighted by Crippen LogP contribution is 2.19. The van der Waals surface area contributed by atoms with Gasteiger partial charge in [0.1, 0.15) is 5.15 Å². The van der Waals surface area contributed by atoms with Gasteiger partial charge in [-0.25, -0.2) is 9.97 Å². The minimum absolute atomic E-state index is 0.388. The van der Waals surface area contributed by atoms with Gasteiger partial charge in [0.05, 0.1) is 0 Å². The third-order valence-electron chi connectivity index (χ3n) is 2.41. The number of aromatic nitrogens is 2. The van der Waals surface area contributed by atoms with Gasteiger partial charge in [-0.15, -0.1) is 0 Å². The van der Waals surface area contributed by atoms with Crippen LogP contribution in [0.5, 0.6) is 0 Å². The molecule has 0 bridgehead atoms. The Balaban J connectivity index is 2.23. The van der Waals surface area contributed by atoms with Crippen LogP contribution >= 0.6 is 11.6 Å². The van der Waals surface area contributed by atoms with Crippen LogP contribution in [0, 0.1) is 0 Å². The maximum Gasteiger partial charge on any atom is 0.226 e. The molecule has 0 atom stereocenters. The van der Waals surface area contributed by atoms with Gasteiger partial charge in [-0.05, 0) is 12.8 Å². The minimum Gasteiger partial charge on any atom is -0.341 e. The first kappa shape index (κ1) is 9.68. The van der Waals surface area contributed by atoms with Crippen molar-refractivity contribution in [3.8, 4) is 0 Å². The van der Waals surface area contributed by atoms with Crippen molar-refractivity contribution in [1.82, 2.24) is 9.97 Å². The summed E-state index contributed by atoms with van der Waals surface area (Å²) in [7, 11) is 0. The van der Waals surface area contributed by atoms with Crippen LogP contribution in [-0.4, -0.2) is 23.1 Å². The van der Waals surface area contributed by atoms with Crippen molar-refractivity contribution in [3.63, 3.8) is 0 Å². The van der Waals surface area contributed by atoms with E-state index in [4.69, 9.17) is 17.3 Å². The number of rotatable bonds is 2. The zero-order valence-electron chi connectivity index (χ0n) is 7.91. The lowest BCUT2D eigenvalue weighted by Gasteiger charge is -2.15. The zero-order valence-corrected chi connectivity index (χ0v) is 8.67. The van der Waals surface area contributed by atoms with Crippen molar-refractivity contribution in [2.75, 3.05) is 18.0 Å². The van der Waals surface area contributed by atoms with Gasteiger partial charge in [0.15, 0.2) is 0 Å². The van der Waals surface area contributed by atoms with Crippen molar-refractivity contribution >= 4 is 17.5 Å². The van der Waals surface area contributed by atoms with Crippen LogP contribution in [0.2, 0.25) is 5.15 Å². The zero-order chi connectivity index (χ0) is 9.97. The molecule has 2 rings (SSSR count). The summed E-state index contributed by atoms with van der Waals surface area (Å²) in [6.45, 7) is 2.44. The number of anilines is 1. The van der Waals surface area contributed by atoms with E-state index >= 15 is 0 Å². The summed E-state index contributed by atoms with van der Waals surface area (Å²) in [5, 5.41) is 0.476. The van der Waals surface area contributed by atoms with Gasteiger partial charge in [0.25, 0.3) is 0 Å². The molecule has 5 heteroatoms. The summed E-state index contributed by atoms with van der Waals surface area (Å²) < 4.78 is 0. The Morgan fingerprint density at radius 3 is 2.71 bits per heavy atom. The molecule has 1 aromatic rings. The predicted octanol–water partition coefficient (Wildman–Crippen LogP) is 1.19. The second kappa shape index (κ2) is 4.11. The Morgan fingerprint density at radius 1 is 1.43 bits per heavy atom. The van der Waals surface area contributed by atoms with Gasteiger partial charge in [0.2, 0.25) is 5.95 Å². The second-order valence-electron chi connectivity index (χ2n) is 3.38. The monoisotopic (exact) mass is 212 g/mol. The number of hydrogen-bond acceptors (Lipinski definition) is 4. The molecule has 0 radical (unpaired) electrons. The second-order valence-corrected chi connectivity index (χ2v) is 3.74. The van der Waals surface area contributed by atoms with Crippen LogP contribution < -0.4 is 10.6 Å². The fourth-order valence-electron chi connectivity index (χ4n) is 1.58. The van der Waals surface area contributed by atoms with E-state index in [0.29, 0.717) is 11.7 Å². The standard InChI is InChI=1S/C9H13ClN4/c10-8-7(5-11)6-12-9(13-8)14-3-1-2-4-14/h6H,1-5,11H2. The molecule has 0 amide bonds. The van der Waals surface area contributed by atoms with Crippen LogP contribution in [0.25, 0.3) is 0 Å². The average Bonchev–Trinajstić information content (AvgIpc) is 2.70. The molecule has 1 aliphatic heterocycles. The van der Waals surface area contributed by atoms with Crippen molar-refractivity contribution in [1.29, 1.82) is 0 Å². The number of hydrogen-bond donors (Lipinski definition) is 1. The first-order valence-electron chi connectivity index (χ1n) is 4.77. The highest BCUT2D eigenvalue weighted by atomic mass is 35.5. The Morgan fingerprint density at radius 2 is 2.14 bits per heavy atom. The third kappa shape index (κ3) is 1.81. The first-order valence-corrected chi connectivity index (χ1v) is 5.15. The molecule has 0 saturated carbocycles. The largest absolute Gasteiger partial charge is 0.341 e. The third-order valence-corrected chi connectivity index (χ3v) is 2.74. The first-order chi connectivity index (χ1) is 6.81. The highest BCUT2D eigenvalue weighted by Gasteiger charge is 2.15. The van der Waals surface area contributed by atoms with Crippen molar-refractivity contribution in [2.24, 2.45) is 5.73 Å². The molecule has 1 saturated heterocycles. The topological polar surface area (TPSA) is 55.0 Å². The van der Waals surface area contributed by atoms with Crippen molar-refractivity contribution in [3.05, 3.63) is 16.9 Å². The van der Waals surface area contributed by atoms with Gasteiger partial charge in [-0.2, -0.15) is 0 Å². The van der Waals surface area contributed by atoms with Crippen molar-refractivity contribution in [2.45, 2.75) is 19.4 Å². The van der Waals surface area contributed by atoms with E-state index in [2.05, 4.69) is 14.9 Å². The van der Waals surface area contributed by atoms with Gasteiger partial charge < -0.3 is 10.6 Å². The molecule has 14 heavy (non-hydrogen) atoms.